The van der Waals surface area contributed by atoms with Crippen molar-refractivity contribution >= 4 is 53.2 Å². The topological polar surface area (TPSA) is 251 Å². The number of aromatic nitrogens is 1. The third-order valence-corrected chi connectivity index (χ3v) is 6.01. The van der Waals surface area contributed by atoms with E-state index in [0.29, 0.717) is 6.42 Å². The number of carbonyl (C=O) groups excluding carboxylic acids is 3. The maximum Gasteiger partial charge on any atom is 0.328 e. The zero-order valence-electron chi connectivity index (χ0n) is 20.6. The molecular formula is C23H34N8O6S. The third-order valence-electron chi connectivity index (χ3n) is 5.64. The Labute approximate surface area is 224 Å². The van der Waals surface area contributed by atoms with Crippen LogP contribution in [0, 0.1) is 0 Å². The third kappa shape index (κ3) is 8.93. The van der Waals surface area contributed by atoms with Gasteiger partial charge in [0.25, 0.3) is 0 Å². The van der Waals surface area contributed by atoms with E-state index in [9.17, 15) is 19.2 Å². The Morgan fingerprint density at radius 3 is 2.26 bits per heavy atom. The van der Waals surface area contributed by atoms with Crippen LogP contribution in [-0.2, 0) is 25.6 Å². The Morgan fingerprint density at radius 1 is 1.00 bits per heavy atom. The number of rotatable bonds is 15. The van der Waals surface area contributed by atoms with Crippen molar-refractivity contribution in [3.63, 3.8) is 0 Å². The number of aliphatic hydroxyl groups excluding tert-OH is 1. The molecule has 0 aliphatic carbocycles. The van der Waals surface area contributed by atoms with Gasteiger partial charge in [-0.25, -0.2) is 4.79 Å². The molecule has 0 spiro atoms. The molecule has 0 fully saturated rings. The van der Waals surface area contributed by atoms with Gasteiger partial charge in [-0.15, -0.1) is 0 Å². The van der Waals surface area contributed by atoms with E-state index >= 15 is 0 Å². The number of hydrogen-bond donors (Lipinski definition) is 10. The molecule has 2 rings (SSSR count). The van der Waals surface area contributed by atoms with Gasteiger partial charge in [-0.1, -0.05) is 18.2 Å². The van der Waals surface area contributed by atoms with Gasteiger partial charge in [0.1, 0.15) is 18.1 Å². The summed E-state index contributed by atoms with van der Waals surface area (Å²) in [6, 6.07) is 2.67. The number of aliphatic carboxylic acids is 1. The van der Waals surface area contributed by atoms with Gasteiger partial charge in [0.15, 0.2) is 5.96 Å². The molecule has 0 aliphatic heterocycles. The normalized spacial score (nSPS) is 14.1. The second-order valence-corrected chi connectivity index (χ2v) is 8.87. The first kappa shape index (κ1) is 30.4. The van der Waals surface area contributed by atoms with Gasteiger partial charge in [-0.3, -0.25) is 19.4 Å². The fraction of sp³-hybridized carbons (Fsp3) is 0.435. The SMILES string of the molecule is NC(N)=NCCCC(NC(=O)C(N)Cc1c[nH]c2ccccc12)C(=O)NC(CS)C(=O)NC(CO)C(=O)O. The van der Waals surface area contributed by atoms with Crippen LogP contribution in [0.5, 0.6) is 0 Å². The van der Waals surface area contributed by atoms with Crippen molar-refractivity contribution < 1.29 is 29.4 Å². The number of nitrogens with zero attached hydrogens (tertiary/aromatic N) is 1. The van der Waals surface area contributed by atoms with Crippen LogP contribution < -0.4 is 33.2 Å². The number of thiol groups is 1. The quantitative estimate of drug-likeness (QED) is 0.0488. The van der Waals surface area contributed by atoms with E-state index in [1.165, 1.54) is 0 Å². The molecule has 0 saturated heterocycles. The van der Waals surface area contributed by atoms with E-state index in [0.717, 1.165) is 16.5 Å². The monoisotopic (exact) mass is 550 g/mol. The van der Waals surface area contributed by atoms with Crippen LogP contribution in [0.15, 0.2) is 35.5 Å². The van der Waals surface area contributed by atoms with E-state index < -0.39 is 54.5 Å². The number of H-pyrrole nitrogens is 1. The maximum atomic E-state index is 13.0. The molecule has 3 amide bonds. The molecular weight excluding hydrogens is 516 g/mol. The highest BCUT2D eigenvalue weighted by atomic mass is 32.1. The highest BCUT2D eigenvalue weighted by molar-refractivity contribution is 7.80. The summed E-state index contributed by atoms with van der Waals surface area (Å²) in [4.78, 5) is 56.5. The number of aliphatic imine (C=N–C) groups is 1. The number of benzene rings is 1. The van der Waals surface area contributed by atoms with Gasteiger partial charge in [-0.2, -0.15) is 12.6 Å². The zero-order chi connectivity index (χ0) is 28.2. The summed E-state index contributed by atoms with van der Waals surface area (Å²) in [6.07, 6.45) is 2.41. The van der Waals surface area contributed by atoms with Crippen molar-refractivity contribution in [1.29, 1.82) is 0 Å². The molecule has 15 heteroatoms. The Balaban J connectivity index is 2.10. The summed E-state index contributed by atoms with van der Waals surface area (Å²) < 4.78 is 0. The van der Waals surface area contributed by atoms with Gasteiger partial charge >= 0.3 is 5.97 Å². The van der Waals surface area contributed by atoms with Crippen molar-refractivity contribution in [2.75, 3.05) is 18.9 Å². The molecule has 12 N–H and O–H groups in total. The minimum Gasteiger partial charge on any atom is -0.480 e. The summed E-state index contributed by atoms with van der Waals surface area (Å²) >= 11 is 4.05. The molecule has 4 unspecified atom stereocenters. The minimum atomic E-state index is -1.56. The lowest BCUT2D eigenvalue weighted by molar-refractivity contribution is -0.143. The Bertz CT molecular complexity index is 1150. The number of amides is 3. The molecule has 1 aromatic carbocycles. The number of nitrogens with one attached hydrogen (secondary N) is 4. The average molecular weight is 551 g/mol. The van der Waals surface area contributed by atoms with Crippen LogP contribution in [0.3, 0.4) is 0 Å². The molecule has 1 aromatic heterocycles. The summed E-state index contributed by atoms with van der Waals surface area (Å²) in [5.74, 6) is -3.91. The van der Waals surface area contributed by atoms with Gasteiger partial charge < -0.3 is 48.3 Å². The van der Waals surface area contributed by atoms with Gasteiger partial charge in [0, 0.05) is 29.4 Å². The molecule has 0 aliphatic rings. The van der Waals surface area contributed by atoms with Crippen molar-refractivity contribution in [1.82, 2.24) is 20.9 Å². The van der Waals surface area contributed by atoms with E-state index in [-0.39, 0.29) is 31.1 Å². The van der Waals surface area contributed by atoms with Gasteiger partial charge in [0.2, 0.25) is 17.7 Å². The summed E-state index contributed by atoms with van der Waals surface area (Å²) in [6.45, 7) is -0.650. The van der Waals surface area contributed by atoms with Crippen LogP contribution in [-0.4, -0.2) is 87.9 Å². The van der Waals surface area contributed by atoms with Gasteiger partial charge in [0.05, 0.1) is 12.6 Å². The summed E-state index contributed by atoms with van der Waals surface area (Å²) in [5, 5.41) is 26.3. The molecule has 38 heavy (non-hydrogen) atoms. The molecule has 0 saturated carbocycles. The predicted octanol–water partition coefficient (Wildman–Crippen LogP) is -2.45. The largest absolute Gasteiger partial charge is 0.480 e. The Kier molecular flexibility index (Phi) is 11.8. The van der Waals surface area contributed by atoms with E-state index in [1.54, 1.807) is 6.20 Å². The predicted molar refractivity (Wildman–Crippen MR) is 144 cm³/mol. The molecule has 1 heterocycles. The van der Waals surface area contributed by atoms with E-state index in [1.807, 2.05) is 24.3 Å². The lowest BCUT2D eigenvalue weighted by Gasteiger charge is -2.24. The average Bonchev–Trinajstić information content (AvgIpc) is 3.29. The van der Waals surface area contributed by atoms with E-state index in [4.69, 9.17) is 27.4 Å². The fourth-order valence-corrected chi connectivity index (χ4v) is 3.86. The highest BCUT2D eigenvalue weighted by Gasteiger charge is 2.29. The second-order valence-electron chi connectivity index (χ2n) is 8.51. The van der Waals surface area contributed by atoms with Crippen molar-refractivity contribution in [3.05, 3.63) is 36.0 Å². The second kappa shape index (κ2) is 14.8. The number of aliphatic hydroxyl groups is 1. The minimum absolute atomic E-state index is 0.115. The number of carbonyl (C=O) groups is 4. The fourth-order valence-electron chi connectivity index (χ4n) is 3.61. The molecule has 2 aromatic rings. The number of hydrogen-bond acceptors (Lipinski definition) is 8. The van der Waals surface area contributed by atoms with Crippen LogP contribution in [0.4, 0.5) is 0 Å². The molecule has 14 nitrogen and oxygen atoms in total. The Morgan fingerprint density at radius 2 is 1.63 bits per heavy atom. The lowest BCUT2D eigenvalue weighted by Crippen LogP contribution is -2.58. The first-order valence-corrected chi connectivity index (χ1v) is 12.4. The van der Waals surface area contributed by atoms with E-state index in [2.05, 4.69) is 38.6 Å². The van der Waals surface area contributed by atoms with Crippen LogP contribution in [0.2, 0.25) is 0 Å². The standard InChI is InChI=1S/C23H34N8O6S/c24-14(8-12-9-28-15-5-2-1-4-13(12)15)19(33)29-16(6-3-7-27-23(25)26)20(34)31-18(11-38)21(35)30-17(10-32)22(36)37/h1-2,4-5,9,14,16-18,28,32,38H,3,6-8,10-11,24H2,(H,29,33)(H,30,35)(H,31,34)(H,36,37)(H4,25,26,27). The molecule has 4 atom stereocenters. The zero-order valence-corrected chi connectivity index (χ0v) is 21.5. The first-order valence-electron chi connectivity index (χ1n) is 11.8. The van der Waals surface area contributed by atoms with Crippen molar-refractivity contribution in [2.24, 2.45) is 22.2 Å². The molecule has 0 bridgehead atoms. The lowest BCUT2D eigenvalue weighted by atomic mass is 10.0. The number of fused-ring (bicyclic) bond motifs is 1. The number of para-hydroxylation sites is 1. The van der Waals surface area contributed by atoms with Crippen LogP contribution in [0.1, 0.15) is 18.4 Å². The number of aromatic amines is 1. The smallest absolute Gasteiger partial charge is 0.328 e. The number of guanidine groups is 1. The molecule has 208 valence electrons. The summed E-state index contributed by atoms with van der Waals surface area (Å²) in [7, 11) is 0. The first-order chi connectivity index (χ1) is 18.1. The van der Waals surface area contributed by atoms with Crippen LogP contribution >= 0.6 is 12.6 Å². The molecule has 0 radical (unpaired) electrons. The van der Waals surface area contributed by atoms with Crippen LogP contribution in [0.25, 0.3) is 10.9 Å². The van der Waals surface area contributed by atoms with Crippen molar-refractivity contribution in [2.45, 2.75) is 43.4 Å². The maximum absolute atomic E-state index is 13.0. The number of carboxylic acid groups (broad SMARTS) is 1. The number of nitrogens with two attached hydrogens (primary N) is 3. The summed E-state index contributed by atoms with van der Waals surface area (Å²) in [5.41, 5.74) is 18.5. The highest BCUT2D eigenvalue weighted by Crippen LogP contribution is 2.18. The number of carboxylic acids is 1. The Hall–Kier alpha value is -3.82. The van der Waals surface area contributed by atoms with Crippen molar-refractivity contribution in [3.8, 4) is 0 Å². The van der Waals surface area contributed by atoms with Gasteiger partial charge in [-0.05, 0) is 30.9 Å².